The number of nitrogens with zero attached hydrogens (tertiary/aromatic N) is 2. The molecule has 1 aliphatic rings. The summed E-state index contributed by atoms with van der Waals surface area (Å²) in [5, 5.41) is 0. The Morgan fingerprint density at radius 3 is 2.52 bits per heavy atom. The maximum atomic E-state index is 13.0. The van der Waals surface area contributed by atoms with Crippen molar-refractivity contribution in [2.24, 2.45) is 0 Å². The molecular formula is C23H26N5O3+. The van der Waals surface area contributed by atoms with Gasteiger partial charge in [-0.1, -0.05) is 54.6 Å². The second-order valence-corrected chi connectivity index (χ2v) is 7.89. The lowest BCUT2D eigenvalue weighted by Gasteiger charge is -2.27. The number of carbonyl (C=O) groups is 1. The quantitative estimate of drug-likeness (QED) is 0.530. The first-order valence-corrected chi connectivity index (χ1v) is 10.3. The van der Waals surface area contributed by atoms with Crippen LogP contribution in [0.3, 0.4) is 0 Å². The van der Waals surface area contributed by atoms with Gasteiger partial charge in [-0.15, -0.1) is 0 Å². The first-order valence-electron chi connectivity index (χ1n) is 10.3. The van der Waals surface area contributed by atoms with Crippen LogP contribution in [0.5, 0.6) is 0 Å². The third kappa shape index (κ3) is 4.29. The van der Waals surface area contributed by atoms with Crippen molar-refractivity contribution in [2.45, 2.75) is 19.5 Å². The first kappa shape index (κ1) is 20.6. The minimum atomic E-state index is -0.665. The highest BCUT2D eigenvalue weighted by Crippen LogP contribution is 2.16. The van der Waals surface area contributed by atoms with E-state index in [1.54, 1.807) is 0 Å². The van der Waals surface area contributed by atoms with Crippen LogP contribution < -0.4 is 26.8 Å². The van der Waals surface area contributed by atoms with Crippen LogP contribution in [0.2, 0.25) is 0 Å². The van der Waals surface area contributed by atoms with Crippen molar-refractivity contribution >= 4 is 17.4 Å². The van der Waals surface area contributed by atoms with Crippen LogP contribution in [-0.4, -0.2) is 35.6 Å². The Balaban J connectivity index is 1.56. The summed E-state index contributed by atoms with van der Waals surface area (Å²) in [6, 6.07) is 17.6. The smallest absolute Gasteiger partial charge is 0.330 e. The van der Waals surface area contributed by atoms with Gasteiger partial charge in [0, 0.05) is 19.0 Å². The lowest BCUT2D eigenvalue weighted by atomic mass is 10.00. The lowest BCUT2D eigenvalue weighted by molar-refractivity contribution is -0.907. The van der Waals surface area contributed by atoms with Crippen LogP contribution in [0.15, 0.2) is 64.2 Å². The lowest BCUT2D eigenvalue weighted by Crippen LogP contribution is -3.12. The number of amides is 1. The monoisotopic (exact) mass is 420 g/mol. The summed E-state index contributed by atoms with van der Waals surface area (Å²) in [4.78, 5) is 42.6. The predicted molar refractivity (Wildman–Crippen MR) is 119 cm³/mol. The number of hydrogen-bond acceptors (Lipinski definition) is 4. The van der Waals surface area contributed by atoms with Gasteiger partial charge >= 0.3 is 5.69 Å². The number of fused-ring (bicyclic) bond motifs is 1. The standard InChI is InChI=1S/C23H25N5O3/c1-26(19(29)15-27-12-11-17-9-5-6-10-18(17)14-27)20-21(24)28(23(31)25-22(20)30)13-16-7-3-2-4-8-16/h2-10H,11-15,24H2,1H3,(H,25,30,31)/p+1. The van der Waals surface area contributed by atoms with E-state index in [0.717, 1.165) is 30.0 Å². The molecule has 8 heteroatoms. The van der Waals surface area contributed by atoms with E-state index in [0.29, 0.717) is 0 Å². The number of H-pyrrole nitrogens is 1. The number of rotatable bonds is 5. The van der Waals surface area contributed by atoms with Crippen LogP contribution in [0.4, 0.5) is 11.5 Å². The Morgan fingerprint density at radius 1 is 1.10 bits per heavy atom. The van der Waals surface area contributed by atoms with Crippen LogP contribution in [0.1, 0.15) is 16.7 Å². The Hall–Kier alpha value is -3.65. The van der Waals surface area contributed by atoms with Crippen molar-refractivity contribution in [1.29, 1.82) is 0 Å². The van der Waals surface area contributed by atoms with Crippen LogP contribution in [0.25, 0.3) is 0 Å². The number of nitrogens with one attached hydrogen (secondary N) is 2. The summed E-state index contributed by atoms with van der Waals surface area (Å²) >= 11 is 0. The maximum Gasteiger partial charge on any atom is 0.330 e. The fourth-order valence-corrected chi connectivity index (χ4v) is 4.08. The van der Waals surface area contributed by atoms with Crippen molar-refractivity contribution in [3.05, 3.63) is 92.1 Å². The van der Waals surface area contributed by atoms with E-state index in [1.165, 1.54) is 27.6 Å². The highest BCUT2D eigenvalue weighted by molar-refractivity contribution is 5.95. The van der Waals surface area contributed by atoms with Crippen molar-refractivity contribution in [3.8, 4) is 0 Å². The number of hydrogen-bond donors (Lipinski definition) is 3. The molecular weight excluding hydrogens is 394 g/mol. The van der Waals surface area contributed by atoms with Gasteiger partial charge in [0.1, 0.15) is 12.4 Å². The van der Waals surface area contributed by atoms with E-state index >= 15 is 0 Å². The number of aromatic amines is 1. The highest BCUT2D eigenvalue weighted by atomic mass is 16.2. The molecule has 0 aliphatic carbocycles. The average Bonchev–Trinajstić information content (AvgIpc) is 2.77. The number of benzene rings is 2. The summed E-state index contributed by atoms with van der Waals surface area (Å²) < 4.78 is 1.28. The molecule has 2 heterocycles. The summed E-state index contributed by atoms with van der Waals surface area (Å²) in [5.74, 6) is -0.246. The largest absolute Gasteiger partial charge is 0.383 e. The zero-order valence-electron chi connectivity index (χ0n) is 17.4. The fraction of sp³-hybridized carbons (Fsp3) is 0.261. The van der Waals surface area contributed by atoms with E-state index in [-0.39, 0.29) is 30.5 Å². The number of likely N-dealkylation sites (N-methyl/N-ethyl adjacent to an activating group) is 1. The van der Waals surface area contributed by atoms with E-state index in [9.17, 15) is 14.4 Å². The molecule has 4 rings (SSSR count). The summed E-state index contributed by atoms with van der Waals surface area (Å²) in [5.41, 5.74) is 8.36. The topological polar surface area (TPSA) is 106 Å². The van der Waals surface area contributed by atoms with Crippen LogP contribution >= 0.6 is 0 Å². The van der Waals surface area contributed by atoms with Gasteiger partial charge in [0.05, 0.1) is 13.1 Å². The van der Waals surface area contributed by atoms with Gasteiger partial charge < -0.3 is 15.5 Å². The molecule has 8 nitrogen and oxygen atoms in total. The number of nitrogen functional groups attached to an aromatic ring is 1. The van der Waals surface area contributed by atoms with Crippen molar-refractivity contribution < 1.29 is 9.69 Å². The van der Waals surface area contributed by atoms with Gasteiger partial charge in [0.25, 0.3) is 11.5 Å². The fourth-order valence-electron chi connectivity index (χ4n) is 4.08. The van der Waals surface area contributed by atoms with Crippen molar-refractivity contribution in [2.75, 3.05) is 30.8 Å². The molecule has 0 saturated carbocycles. The molecule has 1 atom stereocenters. The van der Waals surface area contributed by atoms with Gasteiger partial charge in [-0.2, -0.15) is 0 Å². The van der Waals surface area contributed by atoms with E-state index in [1.807, 2.05) is 42.5 Å². The molecule has 0 saturated heterocycles. The number of aromatic nitrogens is 2. The summed E-state index contributed by atoms with van der Waals surface area (Å²) in [6.45, 7) is 2.04. The SMILES string of the molecule is CN(C(=O)C[NH+]1CCc2ccccc2C1)c1c(N)n(Cc2ccccc2)c(=O)[nH]c1=O. The van der Waals surface area contributed by atoms with Gasteiger partial charge in [-0.05, 0) is 11.1 Å². The predicted octanol–water partition coefficient (Wildman–Crippen LogP) is -0.229. The van der Waals surface area contributed by atoms with Crippen LogP contribution in [-0.2, 0) is 24.3 Å². The molecule has 31 heavy (non-hydrogen) atoms. The van der Waals surface area contributed by atoms with E-state index in [2.05, 4.69) is 17.1 Å². The first-order chi connectivity index (χ1) is 14.9. The zero-order chi connectivity index (χ0) is 22.0. The minimum absolute atomic E-state index is 0.00246. The number of quaternary nitrogens is 1. The Kier molecular flexibility index (Phi) is 5.73. The highest BCUT2D eigenvalue weighted by Gasteiger charge is 2.26. The third-order valence-electron chi connectivity index (χ3n) is 5.82. The average molecular weight is 420 g/mol. The second kappa shape index (κ2) is 8.61. The molecule has 0 bridgehead atoms. The third-order valence-corrected chi connectivity index (χ3v) is 5.82. The van der Waals surface area contributed by atoms with Crippen LogP contribution in [0, 0.1) is 0 Å². The number of carbonyl (C=O) groups excluding carboxylic acids is 1. The van der Waals surface area contributed by atoms with Gasteiger partial charge in [0.15, 0.2) is 12.2 Å². The molecule has 0 spiro atoms. The van der Waals surface area contributed by atoms with Gasteiger partial charge in [-0.3, -0.25) is 19.1 Å². The second-order valence-electron chi connectivity index (χ2n) is 7.89. The maximum absolute atomic E-state index is 13.0. The molecule has 2 aromatic carbocycles. The molecule has 1 aliphatic heterocycles. The Morgan fingerprint density at radius 2 is 1.77 bits per heavy atom. The molecule has 4 N–H and O–H groups in total. The summed E-state index contributed by atoms with van der Waals surface area (Å²) in [6.07, 6.45) is 0.910. The van der Waals surface area contributed by atoms with Crippen molar-refractivity contribution in [1.82, 2.24) is 9.55 Å². The molecule has 1 aromatic heterocycles. The Labute approximate surface area is 179 Å². The number of nitrogens with two attached hydrogens (primary N) is 1. The Bertz CT molecular complexity index is 1220. The van der Waals surface area contributed by atoms with Crippen molar-refractivity contribution in [3.63, 3.8) is 0 Å². The molecule has 0 fully saturated rings. The summed E-state index contributed by atoms with van der Waals surface area (Å²) in [7, 11) is 1.53. The molecule has 0 radical (unpaired) electrons. The molecule has 3 aromatic rings. The zero-order valence-corrected chi connectivity index (χ0v) is 17.4. The molecule has 1 amide bonds. The molecule has 1 unspecified atom stereocenters. The molecule has 160 valence electrons. The minimum Gasteiger partial charge on any atom is -0.383 e. The van der Waals surface area contributed by atoms with Gasteiger partial charge in [0.2, 0.25) is 0 Å². The van der Waals surface area contributed by atoms with E-state index in [4.69, 9.17) is 5.73 Å². The van der Waals surface area contributed by atoms with E-state index < -0.39 is 11.2 Å². The van der Waals surface area contributed by atoms with Gasteiger partial charge in [-0.25, -0.2) is 4.79 Å². The normalized spacial score (nSPS) is 15.3. The number of anilines is 2.